The van der Waals surface area contributed by atoms with E-state index in [1.54, 1.807) is 0 Å². The summed E-state index contributed by atoms with van der Waals surface area (Å²) in [4.78, 5) is 0. The van der Waals surface area contributed by atoms with Crippen LogP contribution in [-0.2, 0) is 0 Å². The molecule has 0 saturated carbocycles. The van der Waals surface area contributed by atoms with Crippen molar-refractivity contribution in [1.82, 2.24) is 0 Å². The quantitative estimate of drug-likeness (QED) is 0.550. The minimum atomic E-state index is -0.0210. The number of rotatable bonds is 9. The molecule has 0 aromatic rings. The molecule has 0 bridgehead atoms. The predicted molar refractivity (Wildman–Crippen MR) is 83.8 cm³/mol. The van der Waals surface area contributed by atoms with Crippen LogP contribution >= 0.6 is 0 Å². The third-order valence-corrected chi connectivity index (χ3v) is 5.16. The third-order valence-electron chi connectivity index (χ3n) is 5.16. The highest BCUT2D eigenvalue weighted by molar-refractivity contribution is 4.99. The number of hydrogen-bond acceptors (Lipinski definition) is 1. The van der Waals surface area contributed by atoms with Crippen molar-refractivity contribution in [1.29, 1.82) is 0 Å². The Kier molecular flexibility index (Phi) is 7.51. The van der Waals surface area contributed by atoms with E-state index >= 15 is 0 Å². The molecule has 0 fully saturated rings. The van der Waals surface area contributed by atoms with Gasteiger partial charge in [-0.15, -0.1) is 0 Å². The molecule has 0 aromatic carbocycles. The topological polar surface area (TPSA) is 26.0 Å². The Hall–Kier alpha value is -0.0400. The van der Waals surface area contributed by atoms with Crippen molar-refractivity contribution in [2.75, 3.05) is 0 Å². The molecule has 0 aromatic heterocycles. The van der Waals surface area contributed by atoms with Crippen molar-refractivity contribution < 1.29 is 0 Å². The number of nitrogens with two attached hydrogens (primary N) is 1. The fourth-order valence-corrected chi connectivity index (χ4v) is 3.14. The number of unbranched alkanes of at least 4 members (excludes halogenated alkanes) is 2. The average Bonchev–Trinajstić information content (AvgIpc) is 2.27. The van der Waals surface area contributed by atoms with E-state index in [1.165, 1.54) is 25.7 Å². The Morgan fingerprint density at radius 1 is 1.00 bits per heavy atom. The Morgan fingerprint density at radius 2 is 1.56 bits per heavy atom. The second-order valence-electron chi connectivity index (χ2n) is 7.23. The lowest BCUT2D eigenvalue weighted by Gasteiger charge is -2.49. The summed E-state index contributed by atoms with van der Waals surface area (Å²) >= 11 is 0. The zero-order valence-corrected chi connectivity index (χ0v) is 14.0. The molecular formula is C17H37N. The van der Waals surface area contributed by atoms with E-state index < -0.39 is 0 Å². The van der Waals surface area contributed by atoms with Crippen molar-refractivity contribution in [3.05, 3.63) is 0 Å². The maximum absolute atomic E-state index is 6.78. The van der Waals surface area contributed by atoms with Crippen molar-refractivity contribution >= 4 is 0 Å². The van der Waals surface area contributed by atoms with Gasteiger partial charge in [0.25, 0.3) is 0 Å². The van der Waals surface area contributed by atoms with Gasteiger partial charge in [0.05, 0.1) is 0 Å². The summed E-state index contributed by atoms with van der Waals surface area (Å²) < 4.78 is 0. The molecule has 0 aliphatic rings. The van der Waals surface area contributed by atoms with Gasteiger partial charge in [0.1, 0.15) is 0 Å². The van der Waals surface area contributed by atoms with Crippen LogP contribution in [0.5, 0.6) is 0 Å². The summed E-state index contributed by atoms with van der Waals surface area (Å²) in [7, 11) is 0. The summed E-state index contributed by atoms with van der Waals surface area (Å²) in [5.74, 6) is 1.38. The first-order valence-corrected chi connectivity index (χ1v) is 8.00. The molecule has 2 N–H and O–H groups in total. The van der Waals surface area contributed by atoms with Gasteiger partial charge in [-0.25, -0.2) is 0 Å². The molecule has 0 aliphatic heterocycles. The van der Waals surface area contributed by atoms with E-state index in [1.807, 2.05) is 0 Å². The third kappa shape index (κ3) is 4.57. The molecule has 18 heavy (non-hydrogen) atoms. The van der Waals surface area contributed by atoms with E-state index in [0.717, 1.165) is 12.8 Å². The van der Waals surface area contributed by atoms with Gasteiger partial charge < -0.3 is 5.73 Å². The zero-order chi connectivity index (χ0) is 14.4. The fraction of sp³-hybridized carbons (Fsp3) is 1.00. The fourth-order valence-electron chi connectivity index (χ4n) is 3.14. The lowest BCUT2D eigenvalue weighted by atomic mass is 9.60. The van der Waals surface area contributed by atoms with Gasteiger partial charge >= 0.3 is 0 Å². The molecule has 2 atom stereocenters. The van der Waals surface area contributed by atoms with Crippen LogP contribution in [0.15, 0.2) is 0 Å². The Morgan fingerprint density at radius 3 is 1.94 bits per heavy atom. The SMILES string of the molecule is CCCCCC(C)C(C)(C)C(N)(CC)CC(C)C. The normalized spacial score (nSPS) is 17.8. The van der Waals surface area contributed by atoms with Crippen molar-refractivity contribution in [3.8, 4) is 0 Å². The Balaban J connectivity index is 4.72. The van der Waals surface area contributed by atoms with Gasteiger partial charge in [-0.2, -0.15) is 0 Å². The minimum Gasteiger partial charge on any atom is -0.325 e. The molecule has 0 aliphatic carbocycles. The summed E-state index contributed by atoms with van der Waals surface area (Å²) in [6.07, 6.45) is 7.54. The smallest absolute Gasteiger partial charge is 0.0208 e. The van der Waals surface area contributed by atoms with E-state index in [4.69, 9.17) is 5.73 Å². The molecule has 0 amide bonds. The first-order chi connectivity index (χ1) is 8.21. The molecule has 110 valence electrons. The molecule has 0 radical (unpaired) electrons. The first kappa shape index (κ1) is 18.0. The number of hydrogen-bond donors (Lipinski definition) is 1. The van der Waals surface area contributed by atoms with E-state index in [0.29, 0.717) is 11.8 Å². The van der Waals surface area contributed by atoms with Crippen LogP contribution < -0.4 is 5.73 Å². The lowest BCUT2D eigenvalue weighted by molar-refractivity contribution is 0.0634. The molecule has 0 heterocycles. The second kappa shape index (κ2) is 7.53. The minimum absolute atomic E-state index is 0.0210. The van der Waals surface area contributed by atoms with E-state index in [2.05, 4.69) is 48.5 Å². The molecular weight excluding hydrogens is 218 g/mol. The molecule has 2 unspecified atom stereocenters. The summed E-state index contributed by atoms with van der Waals surface area (Å²) in [6, 6.07) is 0. The van der Waals surface area contributed by atoms with Crippen LogP contribution in [0.3, 0.4) is 0 Å². The highest BCUT2D eigenvalue weighted by atomic mass is 14.8. The van der Waals surface area contributed by atoms with Crippen LogP contribution in [0.1, 0.15) is 87.0 Å². The van der Waals surface area contributed by atoms with Gasteiger partial charge in [-0.3, -0.25) is 0 Å². The van der Waals surface area contributed by atoms with Crippen LogP contribution in [-0.4, -0.2) is 5.54 Å². The van der Waals surface area contributed by atoms with Crippen LogP contribution in [0.25, 0.3) is 0 Å². The first-order valence-electron chi connectivity index (χ1n) is 8.00. The van der Waals surface area contributed by atoms with E-state index in [9.17, 15) is 0 Å². The van der Waals surface area contributed by atoms with Gasteiger partial charge in [0.15, 0.2) is 0 Å². The van der Waals surface area contributed by atoms with Gasteiger partial charge in [-0.05, 0) is 30.1 Å². The molecule has 0 rings (SSSR count). The van der Waals surface area contributed by atoms with Gasteiger partial charge in [0, 0.05) is 5.54 Å². The summed E-state index contributed by atoms with van der Waals surface area (Å²) in [5, 5.41) is 0. The highest BCUT2D eigenvalue weighted by Gasteiger charge is 2.43. The molecule has 1 nitrogen and oxygen atoms in total. The summed E-state index contributed by atoms with van der Waals surface area (Å²) in [5.41, 5.74) is 6.98. The summed E-state index contributed by atoms with van der Waals surface area (Å²) in [6.45, 7) is 16.3. The maximum Gasteiger partial charge on any atom is 0.0208 e. The van der Waals surface area contributed by atoms with E-state index in [-0.39, 0.29) is 11.0 Å². The van der Waals surface area contributed by atoms with Crippen molar-refractivity contribution in [2.45, 2.75) is 92.5 Å². The van der Waals surface area contributed by atoms with Crippen LogP contribution in [0.4, 0.5) is 0 Å². The molecule has 0 saturated heterocycles. The van der Waals surface area contributed by atoms with Crippen molar-refractivity contribution in [2.24, 2.45) is 23.0 Å². The predicted octanol–water partition coefficient (Wildman–Crippen LogP) is 5.38. The zero-order valence-electron chi connectivity index (χ0n) is 14.0. The van der Waals surface area contributed by atoms with Gasteiger partial charge in [-0.1, -0.05) is 74.1 Å². The second-order valence-corrected chi connectivity index (χ2v) is 7.23. The van der Waals surface area contributed by atoms with Crippen molar-refractivity contribution in [3.63, 3.8) is 0 Å². The van der Waals surface area contributed by atoms with Crippen LogP contribution in [0.2, 0.25) is 0 Å². The average molecular weight is 255 g/mol. The van der Waals surface area contributed by atoms with Crippen LogP contribution in [0, 0.1) is 17.3 Å². The molecule has 0 spiro atoms. The standard InChI is InChI=1S/C17H37N/c1-8-10-11-12-15(5)16(6,7)17(18,9-2)13-14(3)4/h14-15H,8-13,18H2,1-7H3. The Labute approximate surface area is 116 Å². The Bertz CT molecular complexity index is 220. The monoisotopic (exact) mass is 255 g/mol. The highest BCUT2D eigenvalue weighted by Crippen LogP contribution is 2.44. The largest absolute Gasteiger partial charge is 0.325 e. The maximum atomic E-state index is 6.78. The lowest BCUT2D eigenvalue weighted by Crippen LogP contribution is -2.55. The molecule has 1 heteroatoms. The van der Waals surface area contributed by atoms with Gasteiger partial charge in [0.2, 0.25) is 0 Å².